The smallest absolute Gasteiger partial charge is 0.0201 e. The molecular formula is C16H23NS. The monoisotopic (exact) mass is 261 g/mol. The average Bonchev–Trinajstić information content (AvgIpc) is 2.41. The molecule has 3 unspecified atom stereocenters. The number of hydrogen-bond acceptors (Lipinski definition) is 2. The predicted octanol–water partition coefficient (Wildman–Crippen LogP) is 3.59. The van der Waals surface area contributed by atoms with Crippen molar-refractivity contribution < 1.29 is 0 Å². The van der Waals surface area contributed by atoms with E-state index in [0.29, 0.717) is 6.04 Å². The lowest BCUT2D eigenvalue weighted by Gasteiger charge is -2.36. The molecule has 0 radical (unpaired) electrons. The standard InChI is InChI=1S/C16H23NS/c1-17-15(16-8-4-5-9-18-16)11-13-10-12-6-2-3-7-14(12)13/h2-3,6-7,13,15-17H,4-5,8-11H2,1H3. The van der Waals surface area contributed by atoms with Crippen molar-refractivity contribution >= 4 is 11.8 Å². The van der Waals surface area contributed by atoms with Gasteiger partial charge in [-0.05, 0) is 55.5 Å². The van der Waals surface area contributed by atoms with Gasteiger partial charge in [-0.3, -0.25) is 0 Å². The fraction of sp³-hybridized carbons (Fsp3) is 0.625. The van der Waals surface area contributed by atoms with Crippen LogP contribution in [0.3, 0.4) is 0 Å². The Hall–Kier alpha value is -0.470. The van der Waals surface area contributed by atoms with Crippen LogP contribution in [0.1, 0.15) is 42.7 Å². The summed E-state index contributed by atoms with van der Waals surface area (Å²) in [4.78, 5) is 0. The topological polar surface area (TPSA) is 12.0 Å². The van der Waals surface area contributed by atoms with Crippen LogP contribution in [-0.4, -0.2) is 24.1 Å². The lowest BCUT2D eigenvalue weighted by Crippen LogP contribution is -2.39. The first-order valence-electron chi connectivity index (χ1n) is 7.25. The highest BCUT2D eigenvalue weighted by molar-refractivity contribution is 8.00. The normalized spacial score (nSPS) is 28.3. The van der Waals surface area contributed by atoms with Crippen LogP contribution in [0.5, 0.6) is 0 Å². The van der Waals surface area contributed by atoms with Crippen molar-refractivity contribution in [2.75, 3.05) is 12.8 Å². The molecule has 3 rings (SSSR count). The van der Waals surface area contributed by atoms with Crippen molar-refractivity contribution in [3.63, 3.8) is 0 Å². The second-order valence-electron chi connectivity index (χ2n) is 5.64. The molecule has 1 aliphatic heterocycles. The van der Waals surface area contributed by atoms with Gasteiger partial charge in [0.25, 0.3) is 0 Å². The van der Waals surface area contributed by atoms with Gasteiger partial charge in [0.1, 0.15) is 0 Å². The maximum atomic E-state index is 3.58. The van der Waals surface area contributed by atoms with Gasteiger partial charge < -0.3 is 5.32 Å². The molecule has 0 saturated carbocycles. The van der Waals surface area contributed by atoms with Crippen LogP contribution < -0.4 is 5.32 Å². The molecule has 2 heteroatoms. The molecular weight excluding hydrogens is 238 g/mol. The van der Waals surface area contributed by atoms with E-state index >= 15 is 0 Å². The lowest BCUT2D eigenvalue weighted by atomic mass is 9.74. The molecule has 1 aromatic rings. The highest BCUT2D eigenvalue weighted by atomic mass is 32.2. The number of benzene rings is 1. The molecule has 3 atom stereocenters. The second-order valence-corrected chi connectivity index (χ2v) is 6.98. The van der Waals surface area contributed by atoms with E-state index in [2.05, 4.69) is 48.4 Å². The first kappa shape index (κ1) is 12.6. The minimum atomic E-state index is 0.702. The van der Waals surface area contributed by atoms with Gasteiger partial charge in [-0.2, -0.15) is 11.8 Å². The van der Waals surface area contributed by atoms with Crippen LogP contribution >= 0.6 is 11.8 Å². The number of thioether (sulfide) groups is 1. The van der Waals surface area contributed by atoms with E-state index in [1.54, 1.807) is 11.1 Å². The van der Waals surface area contributed by atoms with Crippen molar-refractivity contribution in [1.29, 1.82) is 0 Å². The maximum Gasteiger partial charge on any atom is 0.0201 e. The summed E-state index contributed by atoms with van der Waals surface area (Å²) in [5.74, 6) is 2.17. The Kier molecular flexibility index (Phi) is 3.95. The molecule has 0 aromatic heterocycles. The molecule has 0 spiro atoms. The molecule has 1 aromatic carbocycles. The maximum absolute atomic E-state index is 3.58. The Bertz CT molecular complexity index is 398. The summed E-state index contributed by atoms with van der Waals surface area (Å²) in [5.41, 5.74) is 3.19. The molecule has 0 bridgehead atoms. The number of rotatable bonds is 4. The van der Waals surface area contributed by atoms with E-state index in [-0.39, 0.29) is 0 Å². The molecule has 1 N–H and O–H groups in total. The van der Waals surface area contributed by atoms with Gasteiger partial charge in [0.15, 0.2) is 0 Å². The summed E-state index contributed by atoms with van der Waals surface area (Å²) < 4.78 is 0. The van der Waals surface area contributed by atoms with Crippen LogP contribution in [0.25, 0.3) is 0 Å². The summed E-state index contributed by atoms with van der Waals surface area (Å²) in [5, 5.41) is 4.42. The number of hydrogen-bond donors (Lipinski definition) is 1. The third-order valence-electron chi connectivity index (χ3n) is 4.53. The Morgan fingerprint density at radius 3 is 2.94 bits per heavy atom. The van der Waals surface area contributed by atoms with Crippen molar-refractivity contribution in [3.8, 4) is 0 Å². The summed E-state index contributed by atoms with van der Waals surface area (Å²) in [7, 11) is 2.14. The van der Waals surface area contributed by atoms with Crippen LogP contribution in [0, 0.1) is 0 Å². The van der Waals surface area contributed by atoms with E-state index < -0.39 is 0 Å². The molecule has 1 saturated heterocycles. The highest BCUT2D eigenvalue weighted by Gasteiger charge is 2.31. The fourth-order valence-electron chi connectivity index (χ4n) is 3.42. The SMILES string of the molecule is CNC(CC1Cc2ccccc21)C1CCCCS1. The van der Waals surface area contributed by atoms with E-state index in [1.807, 2.05) is 0 Å². The Morgan fingerprint density at radius 1 is 1.33 bits per heavy atom. The lowest BCUT2D eigenvalue weighted by molar-refractivity contribution is 0.412. The van der Waals surface area contributed by atoms with Crippen LogP contribution in [0.2, 0.25) is 0 Å². The second kappa shape index (κ2) is 5.66. The van der Waals surface area contributed by atoms with Crippen LogP contribution in [-0.2, 0) is 6.42 Å². The van der Waals surface area contributed by atoms with Gasteiger partial charge in [0, 0.05) is 11.3 Å². The van der Waals surface area contributed by atoms with E-state index in [9.17, 15) is 0 Å². The van der Waals surface area contributed by atoms with Crippen molar-refractivity contribution in [2.24, 2.45) is 0 Å². The third-order valence-corrected chi connectivity index (χ3v) is 6.05. The molecule has 98 valence electrons. The molecule has 0 amide bonds. The van der Waals surface area contributed by atoms with Crippen LogP contribution in [0.15, 0.2) is 24.3 Å². The summed E-state index contributed by atoms with van der Waals surface area (Å²) in [6.45, 7) is 0. The van der Waals surface area contributed by atoms with Crippen LogP contribution in [0.4, 0.5) is 0 Å². The molecule has 1 aliphatic carbocycles. The minimum absolute atomic E-state index is 0.702. The quantitative estimate of drug-likeness (QED) is 0.889. The first-order valence-corrected chi connectivity index (χ1v) is 8.30. The van der Waals surface area contributed by atoms with E-state index in [4.69, 9.17) is 0 Å². The Balaban J connectivity index is 1.61. The zero-order chi connectivity index (χ0) is 12.4. The van der Waals surface area contributed by atoms with Gasteiger partial charge in [-0.1, -0.05) is 30.7 Å². The van der Waals surface area contributed by atoms with Crippen molar-refractivity contribution in [3.05, 3.63) is 35.4 Å². The highest BCUT2D eigenvalue weighted by Crippen LogP contribution is 2.40. The number of fused-ring (bicyclic) bond motifs is 1. The molecule has 1 heterocycles. The largest absolute Gasteiger partial charge is 0.316 e. The molecule has 1 fully saturated rings. The molecule has 18 heavy (non-hydrogen) atoms. The summed E-state index contributed by atoms with van der Waals surface area (Å²) in [6.07, 6.45) is 6.88. The van der Waals surface area contributed by atoms with Gasteiger partial charge in [0.05, 0.1) is 0 Å². The third kappa shape index (κ3) is 2.46. The van der Waals surface area contributed by atoms with Crippen molar-refractivity contribution in [2.45, 2.75) is 49.3 Å². The van der Waals surface area contributed by atoms with E-state index in [1.165, 1.54) is 37.9 Å². The average molecular weight is 261 g/mol. The summed E-state index contributed by atoms with van der Waals surface area (Å²) in [6, 6.07) is 9.67. The minimum Gasteiger partial charge on any atom is -0.316 e. The molecule has 2 aliphatic rings. The Labute approximate surface area is 115 Å². The zero-order valence-electron chi connectivity index (χ0n) is 11.2. The fourth-order valence-corrected chi connectivity index (χ4v) is 4.90. The van der Waals surface area contributed by atoms with E-state index in [0.717, 1.165) is 11.2 Å². The zero-order valence-corrected chi connectivity index (χ0v) is 12.0. The van der Waals surface area contributed by atoms with Gasteiger partial charge in [-0.15, -0.1) is 0 Å². The first-order chi connectivity index (χ1) is 8.88. The van der Waals surface area contributed by atoms with Gasteiger partial charge in [-0.25, -0.2) is 0 Å². The summed E-state index contributed by atoms with van der Waals surface area (Å²) >= 11 is 2.19. The van der Waals surface area contributed by atoms with Gasteiger partial charge in [0.2, 0.25) is 0 Å². The number of nitrogens with one attached hydrogen (secondary N) is 1. The van der Waals surface area contributed by atoms with Gasteiger partial charge >= 0.3 is 0 Å². The Morgan fingerprint density at radius 2 is 2.22 bits per heavy atom. The molecule has 1 nitrogen and oxygen atoms in total. The predicted molar refractivity (Wildman–Crippen MR) is 80.4 cm³/mol. The van der Waals surface area contributed by atoms with Crippen molar-refractivity contribution in [1.82, 2.24) is 5.32 Å².